The minimum Gasteiger partial charge on any atom is -0.372 e. The van der Waals surface area contributed by atoms with E-state index in [4.69, 9.17) is 28.2 Å². The highest BCUT2D eigenvalue weighted by atomic mass is 35.5. The number of nitrogens with one attached hydrogen (secondary N) is 1. The third-order valence-corrected chi connectivity index (χ3v) is 7.06. The van der Waals surface area contributed by atoms with E-state index < -0.39 is 0 Å². The summed E-state index contributed by atoms with van der Waals surface area (Å²) in [6, 6.07) is 16.7. The predicted molar refractivity (Wildman–Crippen MR) is 140 cm³/mol. The van der Waals surface area contributed by atoms with Gasteiger partial charge in [-0.25, -0.2) is 4.98 Å². The zero-order chi connectivity index (χ0) is 23.7. The first-order valence-corrected chi connectivity index (χ1v) is 12.2. The van der Waals surface area contributed by atoms with Crippen molar-refractivity contribution in [3.63, 3.8) is 0 Å². The number of piperidine rings is 1. The maximum atomic E-state index is 12.9. The van der Waals surface area contributed by atoms with E-state index >= 15 is 0 Å². The molecule has 5 rings (SSSR count). The van der Waals surface area contributed by atoms with Crippen molar-refractivity contribution in [2.24, 2.45) is 0 Å². The highest BCUT2D eigenvalue weighted by molar-refractivity contribution is 6.42. The summed E-state index contributed by atoms with van der Waals surface area (Å²) in [6.45, 7) is 4.15. The van der Waals surface area contributed by atoms with Crippen molar-refractivity contribution in [2.75, 3.05) is 23.3 Å². The minimum absolute atomic E-state index is 0.151. The second-order valence-electron chi connectivity index (χ2n) is 8.58. The van der Waals surface area contributed by atoms with Gasteiger partial charge in [0.05, 0.1) is 16.1 Å². The van der Waals surface area contributed by atoms with Crippen molar-refractivity contribution < 1.29 is 0 Å². The van der Waals surface area contributed by atoms with Crippen LogP contribution in [0.15, 0.2) is 65.6 Å². The molecule has 2 aromatic heterocycles. The molecule has 1 atom stereocenters. The van der Waals surface area contributed by atoms with Gasteiger partial charge in [0.25, 0.3) is 5.56 Å². The number of pyridine rings is 1. The SMILES string of the molecule is CC(c1ccc(Cl)c(Cl)c1)n1c(=O)ccc2cnc(Nc3ccc(N4CCCCC4)cc3)nc21. The Hall–Kier alpha value is -3.09. The van der Waals surface area contributed by atoms with Crippen molar-refractivity contribution in [1.82, 2.24) is 14.5 Å². The molecule has 0 amide bonds. The number of anilines is 3. The molecule has 4 aromatic rings. The lowest BCUT2D eigenvalue weighted by Gasteiger charge is -2.28. The zero-order valence-electron chi connectivity index (χ0n) is 18.8. The van der Waals surface area contributed by atoms with Gasteiger partial charge in [-0.2, -0.15) is 4.98 Å². The van der Waals surface area contributed by atoms with E-state index in [0.717, 1.165) is 29.7 Å². The first kappa shape index (κ1) is 22.7. The van der Waals surface area contributed by atoms with Crippen LogP contribution in [0.1, 0.15) is 37.8 Å². The predicted octanol–water partition coefficient (Wildman–Crippen LogP) is 6.44. The summed E-state index contributed by atoms with van der Waals surface area (Å²) < 4.78 is 1.65. The Bertz CT molecular complexity index is 1380. The third kappa shape index (κ3) is 4.61. The Morgan fingerprint density at radius 1 is 0.941 bits per heavy atom. The monoisotopic (exact) mass is 493 g/mol. The van der Waals surface area contributed by atoms with E-state index in [0.29, 0.717) is 21.6 Å². The van der Waals surface area contributed by atoms with Crippen LogP contribution in [-0.4, -0.2) is 27.6 Å². The molecule has 0 aliphatic carbocycles. The first-order chi connectivity index (χ1) is 16.5. The lowest BCUT2D eigenvalue weighted by atomic mass is 10.1. The lowest BCUT2D eigenvalue weighted by Crippen LogP contribution is -2.29. The molecule has 174 valence electrons. The molecule has 34 heavy (non-hydrogen) atoms. The number of halogens is 2. The van der Waals surface area contributed by atoms with Gasteiger partial charge in [0.2, 0.25) is 5.95 Å². The molecule has 3 heterocycles. The van der Waals surface area contributed by atoms with Crippen molar-refractivity contribution in [2.45, 2.75) is 32.2 Å². The highest BCUT2D eigenvalue weighted by Gasteiger charge is 2.16. The zero-order valence-corrected chi connectivity index (χ0v) is 20.4. The maximum absolute atomic E-state index is 12.9. The van der Waals surface area contributed by atoms with Crippen LogP contribution in [0, 0.1) is 0 Å². The fraction of sp³-hybridized carbons (Fsp3) is 0.269. The molecule has 0 saturated carbocycles. The number of benzene rings is 2. The van der Waals surface area contributed by atoms with Gasteiger partial charge in [0.15, 0.2) is 0 Å². The van der Waals surface area contributed by atoms with Crippen LogP contribution in [0.2, 0.25) is 10.0 Å². The number of aromatic nitrogens is 3. The molecule has 6 nitrogen and oxygen atoms in total. The topological polar surface area (TPSA) is 63.1 Å². The van der Waals surface area contributed by atoms with Gasteiger partial charge in [-0.05, 0) is 74.2 Å². The lowest BCUT2D eigenvalue weighted by molar-refractivity contribution is 0.578. The molecule has 1 fully saturated rings. The van der Waals surface area contributed by atoms with E-state index in [1.807, 2.05) is 25.1 Å². The number of hydrogen-bond acceptors (Lipinski definition) is 5. The smallest absolute Gasteiger partial charge is 0.252 e. The average Bonchev–Trinajstić information content (AvgIpc) is 2.86. The van der Waals surface area contributed by atoms with E-state index in [1.54, 1.807) is 29.0 Å². The van der Waals surface area contributed by atoms with E-state index in [9.17, 15) is 4.79 Å². The van der Waals surface area contributed by atoms with Crippen molar-refractivity contribution in [3.8, 4) is 0 Å². The first-order valence-electron chi connectivity index (χ1n) is 11.4. The van der Waals surface area contributed by atoms with Gasteiger partial charge < -0.3 is 10.2 Å². The minimum atomic E-state index is -0.294. The second kappa shape index (κ2) is 9.65. The van der Waals surface area contributed by atoms with Crippen LogP contribution in [0.25, 0.3) is 11.0 Å². The molecule has 0 spiro atoms. The summed E-state index contributed by atoms with van der Waals surface area (Å²) in [5.41, 5.74) is 3.39. The van der Waals surface area contributed by atoms with Crippen LogP contribution < -0.4 is 15.8 Å². The summed E-state index contributed by atoms with van der Waals surface area (Å²) in [5.74, 6) is 0.430. The molecule has 8 heteroatoms. The van der Waals surface area contributed by atoms with E-state index in [2.05, 4.69) is 27.3 Å². The Kier molecular flexibility index (Phi) is 6.44. The maximum Gasteiger partial charge on any atom is 0.252 e. The van der Waals surface area contributed by atoms with Crippen LogP contribution >= 0.6 is 23.2 Å². The molecule has 2 aromatic carbocycles. The molecule has 1 aliphatic heterocycles. The Morgan fingerprint density at radius 2 is 1.71 bits per heavy atom. The summed E-state index contributed by atoms with van der Waals surface area (Å²) in [6.07, 6.45) is 5.52. The molecule has 1 unspecified atom stereocenters. The highest BCUT2D eigenvalue weighted by Crippen LogP contribution is 2.28. The van der Waals surface area contributed by atoms with Crippen LogP contribution in [-0.2, 0) is 0 Å². The number of rotatable bonds is 5. The largest absolute Gasteiger partial charge is 0.372 e. The van der Waals surface area contributed by atoms with Gasteiger partial charge in [-0.15, -0.1) is 0 Å². The van der Waals surface area contributed by atoms with Gasteiger partial charge in [-0.3, -0.25) is 9.36 Å². The molecule has 1 saturated heterocycles. The molecule has 0 radical (unpaired) electrons. The van der Waals surface area contributed by atoms with Gasteiger partial charge in [0, 0.05) is 42.1 Å². The summed E-state index contributed by atoms with van der Waals surface area (Å²) in [4.78, 5) is 24.5. The van der Waals surface area contributed by atoms with Gasteiger partial charge in [0.1, 0.15) is 5.65 Å². The van der Waals surface area contributed by atoms with Gasteiger partial charge >= 0.3 is 0 Å². The average molecular weight is 494 g/mol. The van der Waals surface area contributed by atoms with Crippen molar-refractivity contribution in [1.29, 1.82) is 0 Å². The normalized spacial score (nSPS) is 14.9. The quantitative estimate of drug-likeness (QED) is 0.346. The molecule has 1 aliphatic rings. The molecule has 1 N–H and O–H groups in total. The summed E-state index contributed by atoms with van der Waals surface area (Å²) in [5, 5.41) is 4.97. The van der Waals surface area contributed by atoms with Crippen molar-refractivity contribution >= 4 is 51.6 Å². The number of fused-ring (bicyclic) bond motifs is 1. The molecular formula is C26H25Cl2N5O. The van der Waals surface area contributed by atoms with Gasteiger partial charge in [-0.1, -0.05) is 29.3 Å². The molecular weight excluding hydrogens is 469 g/mol. The Labute approximate surface area is 208 Å². The summed E-state index contributed by atoms with van der Waals surface area (Å²) in [7, 11) is 0. The molecule has 0 bridgehead atoms. The third-order valence-electron chi connectivity index (χ3n) is 6.33. The number of nitrogens with zero attached hydrogens (tertiary/aromatic N) is 4. The fourth-order valence-corrected chi connectivity index (χ4v) is 4.74. The number of hydrogen-bond donors (Lipinski definition) is 1. The standard InChI is InChI=1S/C26H25Cl2N5O/c1-17(18-5-11-22(27)23(28)15-18)33-24(34)12-6-19-16-29-26(31-25(19)33)30-20-7-9-21(10-8-20)32-13-3-2-4-14-32/h5-12,15-17H,2-4,13-14H2,1H3,(H,29,30,31). The van der Waals surface area contributed by atoms with E-state index in [1.165, 1.54) is 31.0 Å². The Morgan fingerprint density at radius 3 is 2.44 bits per heavy atom. The second-order valence-corrected chi connectivity index (χ2v) is 9.40. The van der Waals surface area contributed by atoms with Crippen LogP contribution in [0.5, 0.6) is 0 Å². The van der Waals surface area contributed by atoms with Crippen LogP contribution in [0.3, 0.4) is 0 Å². The van der Waals surface area contributed by atoms with Crippen LogP contribution in [0.4, 0.5) is 17.3 Å². The Balaban J connectivity index is 1.45. The summed E-state index contributed by atoms with van der Waals surface area (Å²) >= 11 is 12.3. The van der Waals surface area contributed by atoms with E-state index in [-0.39, 0.29) is 11.6 Å². The fourth-order valence-electron chi connectivity index (χ4n) is 4.43. The van der Waals surface area contributed by atoms with Crippen molar-refractivity contribution in [3.05, 3.63) is 86.8 Å².